The largest absolute Gasteiger partial charge is 0.369 e. The molecule has 174 valence electrons. The summed E-state index contributed by atoms with van der Waals surface area (Å²) < 4.78 is 19.5. The van der Waals surface area contributed by atoms with Gasteiger partial charge in [-0.1, -0.05) is 35.0 Å². The van der Waals surface area contributed by atoms with Crippen LogP contribution in [0.5, 0.6) is 0 Å². The van der Waals surface area contributed by atoms with Gasteiger partial charge in [0.25, 0.3) is 5.91 Å². The molecule has 0 spiro atoms. The molecule has 0 aliphatic carbocycles. The first-order valence-corrected chi connectivity index (χ1v) is 11.5. The van der Waals surface area contributed by atoms with Gasteiger partial charge < -0.3 is 14.7 Å². The van der Waals surface area contributed by atoms with Crippen molar-refractivity contribution >= 4 is 23.2 Å². The van der Waals surface area contributed by atoms with Crippen LogP contribution in [0, 0.1) is 19.7 Å². The van der Waals surface area contributed by atoms with E-state index in [4.69, 9.17) is 16.1 Å². The molecule has 1 aromatic heterocycles. The van der Waals surface area contributed by atoms with Gasteiger partial charge in [-0.2, -0.15) is 0 Å². The van der Waals surface area contributed by atoms with Crippen LogP contribution in [-0.4, -0.2) is 55.2 Å². The summed E-state index contributed by atoms with van der Waals surface area (Å²) in [6.45, 7) is 9.11. The average Bonchev–Trinajstić information content (AvgIpc) is 3.18. The fraction of sp³-hybridized carbons (Fsp3) is 0.360. The number of nitrogens with zero attached hydrogens (tertiary/aromatic N) is 3. The molecule has 0 atom stereocenters. The van der Waals surface area contributed by atoms with E-state index >= 15 is 0 Å². The lowest BCUT2D eigenvalue weighted by Gasteiger charge is -2.36. The predicted molar refractivity (Wildman–Crippen MR) is 128 cm³/mol. The second-order valence-corrected chi connectivity index (χ2v) is 8.74. The Bertz CT molecular complexity index is 1110. The third-order valence-electron chi connectivity index (χ3n) is 5.97. The molecule has 1 aliphatic rings. The van der Waals surface area contributed by atoms with Gasteiger partial charge in [-0.25, -0.2) is 4.39 Å². The quantitative estimate of drug-likeness (QED) is 0.507. The Morgan fingerprint density at radius 1 is 1.15 bits per heavy atom. The minimum atomic E-state index is -0.547. The third kappa shape index (κ3) is 5.37. The zero-order valence-corrected chi connectivity index (χ0v) is 19.7. The van der Waals surface area contributed by atoms with Crippen LogP contribution in [0.4, 0.5) is 10.1 Å². The molecule has 0 bridgehead atoms. The summed E-state index contributed by atoms with van der Waals surface area (Å²) in [6.07, 6.45) is 0.816. The molecule has 1 amide bonds. The van der Waals surface area contributed by atoms with Crippen molar-refractivity contribution in [3.8, 4) is 11.3 Å². The lowest BCUT2D eigenvalue weighted by molar-refractivity contribution is 0.0950. The first-order chi connectivity index (χ1) is 15.9. The maximum atomic E-state index is 14.4. The van der Waals surface area contributed by atoms with E-state index in [9.17, 15) is 9.18 Å². The normalized spacial score (nSPS) is 14.5. The van der Waals surface area contributed by atoms with Crippen molar-refractivity contribution in [3.63, 3.8) is 0 Å². The van der Waals surface area contributed by atoms with Crippen LogP contribution in [0.25, 0.3) is 11.3 Å². The highest BCUT2D eigenvalue weighted by atomic mass is 35.5. The number of hydrogen-bond donors (Lipinski definition) is 1. The van der Waals surface area contributed by atoms with Crippen LogP contribution in [-0.2, 0) is 0 Å². The molecule has 3 aromatic rings. The number of aromatic nitrogens is 1. The van der Waals surface area contributed by atoms with E-state index in [1.165, 1.54) is 23.4 Å². The standard InChI is InChI=1S/C25H28ClFN4O2/c1-17-6-3-7-19(16-17)31-14-12-30(13-15-31)11-5-10-28-25(32)22-18(2)33-29-24(22)23-20(26)8-4-9-21(23)27/h3-4,6-9,16H,5,10-15H2,1-2H3,(H,28,32). The topological polar surface area (TPSA) is 61.6 Å². The molecule has 2 aromatic carbocycles. The van der Waals surface area contributed by atoms with Crippen LogP contribution >= 0.6 is 11.6 Å². The van der Waals surface area contributed by atoms with E-state index in [-0.39, 0.29) is 27.8 Å². The van der Waals surface area contributed by atoms with E-state index in [1.807, 2.05) is 0 Å². The number of piperazine rings is 1. The molecule has 0 radical (unpaired) electrons. The summed E-state index contributed by atoms with van der Waals surface area (Å²) in [6, 6.07) is 12.9. The van der Waals surface area contributed by atoms with Crippen molar-refractivity contribution in [2.75, 3.05) is 44.2 Å². The monoisotopic (exact) mass is 470 g/mol. The Hall–Kier alpha value is -2.90. The maximum Gasteiger partial charge on any atom is 0.257 e. The molecule has 1 fully saturated rings. The first kappa shape index (κ1) is 23.3. The van der Waals surface area contributed by atoms with E-state index in [2.05, 4.69) is 51.5 Å². The van der Waals surface area contributed by atoms with Crippen LogP contribution in [0.2, 0.25) is 5.02 Å². The molecule has 6 nitrogen and oxygen atoms in total. The number of benzene rings is 2. The van der Waals surface area contributed by atoms with Gasteiger partial charge in [-0.3, -0.25) is 9.69 Å². The van der Waals surface area contributed by atoms with Crippen molar-refractivity contribution < 1.29 is 13.7 Å². The van der Waals surface area contributed by atoms with Crippen LogP contribution in [0.15, 0.2) is 47.0 Å². The second kappa shape index (κ2) is 10.4. The highest BCUT2D eigenvalue weighted by molar-refractivity contribution is 6.33. The maximum absolute atomic E-state index is 14.4. The van der Waals surface area contributed by atoms with Crippen molar-refractivity contribution in [3.05, 3.63) is 70.2 Å². The van der Waals surface area contributed by atoms with Crippen LogP contribution < -0.4 is 10.2 Å². The van der Waals surface area contributed by atoms with E-state index < -0.39 is 5.82 Å². The lowest BCUT2D eigenvalue weighted by atomic mass is 10.0. The lowest BCUT2D eigenvalue weighted by Crippen LogP contribution is -2.47. The number of hydrogen-bond acceptors (Lipinski definition) is 5. The Balaban J connectivity index is 1.28. The highest BCUT2D eigenvalue weighted by Gasteiger charge is 2.25. The Labute approximate surface area is 198 Å². The molecule has 0 unspecified atom stereocenters. The van der Waals surface area contributed by atoms with E-state index in [0.29, 0.717) is 12.3 Å². The third-order valence-corrected chi connectivity index (χ3v) is 6.28. The van der Waals surface area contributed by atoms with Crippen molar-refractivity contribution in [1.82, 2.24) is 15.4 Å². The fourth-order valence-corrected chi connectivity index (χ4v) is 4.43. The molecule has 4 rings (SSSR count). The van der Waals surface area contributed by atoms with Gasteiger partial charge in [0.1, 0.15) is 22.8 Å². The van der Waals surface area contributed by atoms with Crippen LogP contribution in [0.3, 0.4) is 0 Å². The zero-order chi connectivity index (χ0) is 23.4. The van der Waals surface area contributed by atoms with Gasteiger partial charge in [-0.15, -0.1) is 0 Å². The number of carbonyl (C=O) groups excluding carboxylic acids is 1. The van der Waals surface area contributed by atoms with Gasteiger partial charge in [0.2, 0.25) is 0 Å². The molecule has 1 saturated heterocycles. The highest BCUT2D eigenvalue weighted by Crippen LogP contribution is 2.33. The number of rotatable bonds is 7. The van der Waals surface area contributed by atoms with Crippen molar-refractivity contribution in [2.45, 2.75) is 20.3 Å². The molecule has 2 heterocycles. The van der Waals surface area contributed by atoms with Gasteiger partial charge in [0.05, 0.1) is 10.6 Å². The zero-order valence-electron chi connectivity index (χ0n) is 18.9. The number of nitrogens with one attached hydrogen (secondary N) is 1. The Morgan fingerprint density at radius 3 is 2.64 bits per heavy atom. The first-order valence-electron chi connectivity index (χ1n) is 11.2. The van der Waals surface area contributed by atoms with Gasteiger partial charge in [0.15, 0.2) is 0 Å². The smallest absolute Gasteiger partial charge is 0.257 e. The summed E-state index contributed by atoms with van der Waals surface area (Å²) in [5, 5.41) is 6.99. The van der Waals surface area contributed by atoms with E-state index in [1.54, 1.807) is 13.0 Å². The molecule has 1 aliphatic heterocycles. The minimum absolute atomic E-state index is 0.0765. The van der Waals surface area contributed by atoms with Crippen molar-refractivity contribution in [2.24, 2.45) is 0 Å². The second-order valence-electron chi connectivity index (χ2n) is 8.34. The molecule has 0 saturated carbocycles. The van der Waals surface area contributed by atoms with Crippen LogP contribution in [0.1, 0.15) is 28.1 Å². The summed E-state index contributed by atoms with van der Waals surface area (Å²) in [4.78, 5) is 17.6. The molecule has 8 heteroatoms. The number of aryl methyl sites for hydroxylation is 2. The van der Waals surface area contributed by atoms with Gasteiger partial charge >= 0.3 is 0 Å². The molecule has 1 N–H and O–H groups in total. The van der Waals surface area contributed by atoms with Crippen molar-refractivity contribution in [1.29, 1.82) is 0 Å². The molecular weight excluding hydrogens is 443 g/mol. The fourth-order valence-electron chi connectivity index (χ4n) is 4.18. The summed E-state index contributed by atoms with van der Waals surface area (Å²) in [5.74, 6) is -0.559. The van der Waals surface area contributed by atoms with Gasteiger partial charge in [-0.05, 0) is 56.6 Å². The molecule has 33 heavy (non-hydrogen) atoms. The summed E-state index contributed by atoms with van der Waals surface area (Å²) >= 11 is 6.16. The Morgan fingerprint density at radius 2 is 1.91 bits per heavy atom. The number of halogens is 2. The summed E-state index contributed by atoms with van der Waals surface area (Å²) in [7, 11) is 0. The minimum Gasteiger partial charge on any atom is -0.369 e. The SMILES string of the molecule is Cc1cccc(N2CCN(CCCNC(=O)c3c(-c4c(F)cccc4Cl)noc3C)CC2)c1. The number of carbonyl (C=O) groups is 1. The predicted octanol–water partition coefficient (Wildman–Crippen LogP) is 4.69. The van der Waals surface area contributed by atoms with Gasteiger partial charge in [0, 0.05) is 38.4 Å². The average molecular weight is 471 g/mol. The number of anilines is 1. The Kier molecular flexibility index (Phi) is 7.30. The van der Waals surface area contributed by atoms with E-state index in [0.717, 1.165) is 39.1 Å². The summed E-state index contributed by atoms with van der Waals surface area (Å²) in [5.41, 5.74) is 2.97. The molecular formula is C25H28ClFN4O2. The number of amides is 1.